The molecule has 1 aromatic carbocycles. The van der Waals surface area contributed by atoms with Crippen molar-refractivity contribution in [1.29, 1.82) is 0 Å². The van der Waals surface area contributed by atoms with Gasteiger partial charge in [0.1, 0.15) is 6.04 Å². The normalized spacial score (nSPS) is 12.2. The Morgan fingerprint density at radius 1 is 1.33 bits per heavy atom. The Morgan fingerprint density at radius 3 is 2.44 bits per heavy atom. The van der Waals surface area contributed by atoms with E-state index in [1.165, 1.54) is 0 Å². The van der Waals surface area contributed by atoms with Gasteiger partial charge in [0, 0.05) is 0 Å². The van der Waals surface area contributed by atoms with E-state index in [1.54, 1.807) is 24.3 Å². The number of aliphatic carboxylic acids is 1. The molecule has 0 unspecified atom stereocenters. The van der Waals surface area contributed by atoms with Gasteiger partial charge in [-0.25, -0.2) is 4.79 Å². The highest BCUT2D eigenvalue weighted by atomic mass is 35.5. The maximum Gasteiger partial charge on any atom is 0.326 e. The Balaban J connectivity index is 2.79. The van der Waals surface area contributed by atoms with Gasteiger partial charge in [-0.1, -0.05) is 37.6 Å². The van der Waals surface area contributed by atoms with Gasteiger partial charge in [-0.2, -0.15) is 0 Å². The molecule has 1 amide bonds. The molecule has 1 atom stereocenters. The number of hydrogen-bond donors (Lipinski definition) is 2. The van der Waals surface area contributed by atoms with E-state index in [2.05, 4.69) is 5.32 Å². The van der Waals surface area contributed by atoms with Gasteiger partial charge in [-0.05, 0) is 24.5 Å². The highest BCUT2D eigenvalue weighted by molar-refractivity contribution is 6.33. The Labute approximate surface area is 111 Å². The Hall–Kier alpha value is -1.55. The molecule has 18 heavy (non-hydrogen) atoms. The summed E-state index contributed by atoms with van der Waals surface area (Å²) in [4.78, 5) is 22.9. The first-order valence-corrected chi connectivity index (χ1v) is 6.07. The van der Waals surface area contributed by atoms with E-state index in [-0.39, 0.29) is 11.5 Å². The summed E-state index contributed by atoms with van der Waals surface area (Å²) in [7, 11) is 0. The van der Waals surface area contributed by atoms with E-state index < -0.39 is 17.9 Å². The van der Waals surface area contributed by atoms with Crippen LogP contribution in [0.4, 0.5) is 0 Å². The lowest BCUT2D eigenvalue weighted by atomic mass is 10.0. The molecule has 0 aromatic heterocycles. The van der Waals surface area contributed by atoms with Crippen LogP contribution in [0.3, 0.4) is 0 Å². The highest BCUT2D eigenvalue weighted by Crippen LogP contribution is 2.15. The van der Waals surface area contributed by atoms with Crippen LogP contribution in [-0.2, 0) is 4.79 Å². The van der Waals surface area contributed by atoms with Crippen LogP contribution in [0.1, 0.15) is 30.6 Å². The number of rotatable bonds is 5. The quantitative estimate of drug-likeness (QED) is 0.863. The second-order valence-electron chi connectivity index (χ2n) is 4.47. The fourth-order valence-corrected chi connectivity index (χ4v) is 1.80. The molecule has 2 N–H and O–H groups in total. The van der Waals surface area contributed by atoms with Crippen molar-refractivity contribution in [2.75, 3.05) is 0 Å². The number of hydrogen-bond acceptors (Lipinski definition) is 2. The van der Waals surface area contributed by atoms with Crippen LogP contribution >= 0.6 is 11.6 Å². The van der Waals surface area contributed by atoms with Crippen LogP contribution in [0.5, 0.6) is 0 Å². The van der Waals surface area contributed by atoms with E-state index in [0.717, 1.165) is 0 Å². The van der Waals surface area contributed by atoms with Crippen molar-refractivity contribution in [2.45, 2.75) is 26.3 Å². The van der Waals surface area contributed by atoms with Gasteiger partial charge < -0.3 is 10.4 Å². The molecule has 0 aliphatic carbocycles. The van der Waals surface area contributed by atoms with Gasteiger partial charge in [-0.15, -0.1) is 0 Å². The first-order valence-electron chi connectivity index (χ1n) is 5.70. The van der Waals surface area contributed by atoms with Gasteiger partial charge in [0.2, 0.25) is 0 Å². The third kappa shape index (κ3) is 4.04. The molecule has 5 heteroatoms. The van der Waals surface area contributed by atoms with E-state index in [1.807, 2.05) is 13.8 Å². The summed E-state index contributed by atoms with van der Waals surface area (Å²) in [5, 5.41) is 11.8. The minimum Gasteiger partial charge on any atom is -0.480 e. The van der Waals surface area contributed by atoms with E-state index >= 15 is 0 Å². The van der Waals surface area contributed by atoms with Crippen molar-refractivity contribution in [3.63, 3.8) is 0 Å². The number of carboxylic acids is 1. The molecule has 0 saturated heterocycles. The summed E-state index contributed by atoms with van der Waals surface area (Å²) in [6, 6.07) is 5.65. The largest absolute Gasteiger partial charge is 0.480 e. The van der Waals surface area contributed by atoms with Gasteiger partial charge in [0.15, 0.2) is 0 Å². The second-order valence-corrected chi connectivity index (χ2v) is 4.88. The number of halogens is 1. The van der Waals surface area contributed by atoms with E-state index in [0.29, 0.717) is 11.4 Å². The lowest BCUT2D eigenvalue weighted by Crippen LogP contribution is -2.41. The maximum absolute atomic E-state index is 11.9. The third-order valence-electron chi connectivity index (χ3n) is 2.43. The van der Waals surface area contributed by atoms with Crippen LogP contribution in [0.15, 0.2) is 24.3 Å². The number of amides is 1. The number of carboxylic acid groups (broad SMARTS) is 1. The summed E-state index contributed by atoms with van der Waals surface area (Å²) in [6.45, 7) is 3.80. The van der Waals surface area contributed by atoms with Crippen LogP contribution in [0, 0.1) is 5.92 Å². The van der Waals surface area contributed by atoms with Crippen molar-refractivity contribution < 1.29 is 14.7 Å². The molecule has 0 bridgehead atoms. The minimum atomic E-state index is -1.04. The van der Waals surface area contributed by atoms with E-state index in [4.69, 9.17) is 16.7 Å². The third-order valence-corrected chi connectivity index (χ3v) is 2.76. The molecule has 0 heterocycles. The molecule has 0 radical (unpaired) electrons. The fourth-order valence-electron chi connectivity index (χ4n) is 1.57. The molecule has 1 rings (SSSR count). The molecule has 0 spiro atoms. The molecule has 0 fully saturated rings. The molecule has 0 saturated carbocycles. The first-order chi connectivity index (χ1) is 8.41. The number of nitrogens with one attached hydrogen (secondary N) is 1. The zero-order valence-electron chi connectivity index (χ0n) is 10.3. The summed E-state index contributed by atoms with van der Waals surface area (Å²) < 4.78 is 0. The first kappa shape index (κ1) is 14.5. The van der Waals surface area contributed by atoms with E-state index in [9.17, 15) is 9.59 Å². The molecule has 0 aliphatic heterocycles. The Kier molecular flexibility index (Phi) is 5.16. The van der Waals surface area contributed by atoms with Crippen LogP contribution < -0.4 is 5.32 Å². The predicted octanol–water partition coefficient (Wildman–Crippen LogP) is 2.57. The molecular weight excluding hydrogens is 254 g/mol. The number of carbonyl (C=O) groups is 2. The summed E-state index contributed by atoms with van der Waals surface area (Å²) in [5.74, 6) is -1.32. The van der Waals surface area contributed by atoms with Crippen LogP contribution in [-0.4, -0.2) is 23.0 Å². The smallest absolute Gasteiger partial charge is 0.326 e. The van der Waals surface area contributed by atoms with Gasteiger partial charge in [0.05, 0.1) is 10.6 Å². The number of benzene rings is 1. The molecule has 0 aliphatic rings. The molecular formula is C13H16ClNO3. The average molecular weight is 270 g/mol. The second kappa shape index (κ2) is 6.40. The fraction of sp³-hybridized carbons (Fsp3) is 0.385. The monoisotopic (exact) mass is 269 g/mol. The van der Waals surface area contributed by atoms with Gasteiger partial charge in [0.25, 0.3) is 5.91 Å². The van der Waals surface area contributed by atoms with Crippen molar-refractivity contribution in [3.8, 4) is 0 Å². The van der Waals surface area contributed by atoms with Crippen LogP contribution in [0.2, 0.25) is 5.02 Å². The van der Waals surface area contributed by atoms with Crippen molar-refractivity contribution >= 4 is 23.5 Å². The molecule has 1 aromatic rings. The molecule has 4 nitrogen and oxygen atoms in total. The molecule has 98 valence electrons. The minimum absolute atomic E-state index is 0.178. The standard InChI is InChI=1S/C13H16ClNO3/c1-8(2)7-11(13(17)18)15-12(16)9-5-3-4-6-10(9)14/h3-6,8,11H,7H2,1-2H3,(H,15,16)(H,17,18)/t11-/m0/s1. The lowest BCUT2D eigenvalue weighted by molar-refractivity contribution is -0.139. The Bertz CT molecular complexity index is 446. The van der Waals surface area contributed by atoms with Crippen molar-refractivity contribution in [3.05, 3.63) is 34.9 Å². The lowest BCUT2D eigenvalue weighted by Gasteiger charge is -2.16. The zero-order chi connectivity index (χ0) is 13.7. The zero-order valence-corrected chi connectivity index (χ0v) is 11.1. The maximum atomic E-state index is 11.9. The van der Waals surface area contributed by atoms with Crippen molar-refractivity contribution in [2.24, 2.45) is 5.92 Å². The Morgan fingerprint density at radius 2 is 1.94 bits per heavy atom. The summed E-state index contributed by atoms with van der Waals surface area (Å²) in [5.41, 5.74) is 0.286. The average Bonchev–Trinajstić information content (AvgIpc) is 2.27. The summed E-state index contributed by atoms with van der Waals surface area (Å²) in [6.07, 6.45) is 0.380. The number of carbonyl (C=O) groups excluding carboxylic acids is 1. The van der Waals surface area contributed by atoms with Gasteiger partial charge >= 0.3 is 5.97 Å². The predicted molar refractivity (Wildman–Crippen MR) is 69.8 cm³/mol. The van der Waals surface area contributed by atoms with Crippen molar-refractivity contribution in [1.82, 2.24) is 5.32 Å². The highest BCUT2D eigenvalue weighted by Gasteiger charge is 2.22. The van der Waals surface area contributed by atoms with Crippen LogP contribution in [0.25, 0.3) is 0 Å². The SMILES string of the molecule is CC(C)C[C@H](NC(=O)c1ccccc1Cl)C(=O)O. The summed E-state index contributed by atoms with van der Waals surface area (Å²) >= 11 is 5.88. The topological polar surface area (TPSA) is 66.4 Å². The van der Waals surface area contributed by atoms with Gasteiger partial charge in [-0.3, -0.25) is 4.79 Å².